The molecule has 1 N–H and O–H groups in total. The van der Waals surface area contributed by atoms with Crippen molar-refractivity contribution < 1.29 is 27.7 Å². The number of nitrogens with zero attached hydrogens (tertiary/aromatic N) is 4. The molecule has 2 aliphatic rings. The maximum Gasteiger partial charge on any atom is 0.416 e. The van der Waals surface area contributed by atoms with E-state index in [2.05, 4.69) is 10.3 Å². The third kappa shape index (κ3) is 5.02. The Hall–Kier alpha value is -3.35. The number of fused-ring (bicyclic) bond motifs is 1. The van der Waals surface area contributed by atoms with Gasteiger partial charge in [0, 0.05) is 43.6 Å². The van der Waals surface area contributed by atoms with Crippen LogP contribution in [0.4, 0.5) is 30.4 Å². The van der Waals surface area contributed by atoms with Crippen molar-refractivity contribution in [1.29, 1.82) is 0 Å². The molecule has 0 saturated carbocycles. The Morgan fingerprint density at radius 1 is 1.21 bits per heavy atom. The highest BCUT2D eigenvalue weighted by molar-refractivity contribution is 8.01. The quantitative estimate of drug-likeness (QED) is 0.528. The number of nitro groups is 1. The molecular formula is C20H18F3N5O4S. The first kappa shape index (κ1) is 22.8. The summed E-state index contributed by atoms with van der Waals surface area (Å²) in [7, 11) is 0. The maximum absolute atomic E-state index is 12.9. The summed E-state index contributed by atoms with van der Waals surface area (Å²) in [6.45, 7) is 1.73. The summed E-state index contributed by atoms with van der Waals surface area (Å²) in [5.41, 5.74) is -0.864. The largest absolute Gasteiger partial charge is 0.416 e. The van der Waals surface area contributed by atoms with E-state index in [0.717, 1.165) is 23.9 Å². The van der Waals surface area contributed by atoms with E-state index >= 15 is 0 Å². The number of aromatic nitrogens is 1. The first-order chi connectivity index (χ1) is 15.6. The minimum Gasteiger partial charge on any atom is -0.353 e. The van der Waals surface area contributed by atoms with Crippen LogP contribution in [0.1, 0.15) is 12.0 Å². The zero-order valence-corrected chi connectivity index (χ0v) is 17.9. The number of thioether (sulfide) groups is 1. The maximum atomic E-state index is 12.9. The molecular weight excluding hydrogens is 463 g/mol. The van der Waals surface area contributed by atoms with Gasteiger partial charge < -0.3 is 15.1 Å². The fourth-order valence-corrected chi connectivity index (χ4v) is 4.69. The summed E-state index contributed by atoms with van der Waals surface area (Å²) in [6.07, 6.45) is -3.41. The second-order valence-electron chi connectivity index (χ2n) is 7.51. The summed E-state index contributed by atoms with van der Waals surface area (Å²) in [4.78, 5) is 43.5. The van der Waals surface area contributed by atoms with Crippen molar-refractivity contribution in [2.75, 3.05) is 36.4 Å². The normalized spacial score (nSPS) is 18.5. The van der Waals surface area contributed by atoms with E-state index in [-0.39, 0.29) is 23.7 Å². The second kappa shape index (κ2) is 8.89. The molecule has 174 valence electrons. The van der Waals surface area contributed by atoms with E-state index in [0.29, 0.717) is 36.9 Å². The lowest BCUT2D eigenvalue weighted by atomic mass is 10.1. The van der Waals surface area contributed by atoms with Gasteiger partial charge in [-0.3, -0.25) is 19.7 Å². The van der Waals surface area contributed by atoms with Crippen LogP contribution >= 0.6 is 11.8 Å². The highest BCUT2D eigenvalue weighted by Crippen LogP contribution is 2.40. The average Bonchev–Trinajstić information content (AvgIpc) is 2.78. The van der Waals surface area contributed by atoms with E-state index < -0.39 is 27.8 Å². The van der Waals surface area contributed by atoms with Gasteiger partial charge in [-0.2, -0.15) is 13.2 Å². The molecule has 0 aliphatic carbocycles. The van der Waals surface area contributed by atoms with Crippen molar-refractivity contribution in [2.45, 2.75) is 22.7 Å². The first-order valence-corrected chi connectivity index (χ1v) is 10.8. The lowest BCUT2D eigenvalue weighted by Crippen LogP contribution is -2.50. The van der Waals surface area contributed by atoms with Gasteiger partial charge in [0.2, 0.25) is 11.8 Å². The summed E-state index contributed by atoms with van der Waals surface area (Å²) in [5, 5.41) is 12.5. The predicted octanol–water partition coefficient (Wildman–Crippen LogP) is 3.16. The molecule has 13 heteroatoms. The summed E-state index contributed by atoms with van der Waals surface area (Å²) < 4.78 is 38.7. The number of carbonyl (C=O) groups is 2. The highest BCUT2D eigenvalue weighted by Gasteiger charge is 2.35. The number of alkyl halides is 3. The lowest BCUT2D eigenvalue weighted by Gasteiger charge is -2.36. The van der Waals surface area contributed by atoms with Gasteiger partial charge in [0.15, 0.2) is 0 Å². The van der Waals surface area contributed by atoms with E-state index in [1.165, 1.54) is 18.3 Å². The number of hydrogen-bond acceptors (Lipinski definition) is 7. The first-order valence-electron chi connectivity index (χ1n) is 9.94. The van der Waals surface area contributed by atoms with Gasteiger partial charge in [0.25, 0.3) is 5.69 Å². The minimum atomic E-state index is -4.51. The van der Waals surface area contributed by atoms with Crippen LogP contribution in [-0.4, -0.2) is 58.1 Å². The fourth-order valence-electron chi connectivity index (χ4n) is 3.61. The molecule has 2 aliphatic heterocycles. The predicted molar refractivity (Wildman–Crippen MR) is 114 cm³/mol. The number of pyridine rings is 1. The van der Waals surface area contributed by atoms with Crippen molar-refractivity contribution in [3.8, 4) is 0 Å². The number of anilines is 2. The molecule has 1 unspecified atom stereocenters. The van der Waals surface area contributed by atoms with Crippen LogP contribution in [0, 0.1) is 10.1 Å². The number of benzene rings is 1. The number of carbonyl (C=O) groups excluding carboxylic acids is 2. The monoisotopic (exact) mass is 481 g/mol. The fraction of sp³-hybridized carbons (Fsp3) is 0.350. The average molecular weight is 481 g/mol. The van der Waals surface area contributed by atoms with Crippen LogP contribution in [0.2, 0.25) is 0 Å². The van der Waals surface area contributed by atoms with Crippen LogP contribution < -0.4 is 10.2 Å². The van der Waals surface area contributed by atoms with Crippen LogP contribution in [0.3, 0.4) is 0 Å². The van der Waals surface area contributed by atoms with Crippen molar-refractivity contribution in [2.24, 2.45) is 0 Å². The molecule has 1 saturated heterocycles. The number of amides is 2. The molecule has 1 aromatic heterocycles. The Labute approximate surface area is 190 Å². The van der Waals surface area contributed by atoms with E-state index in [1.54, 1.807) is 11.0 Å². The zero-order valence-electron chi connectivity index (χ0n) is 17.0. The van der Waals surface area contributed by atoms with E-state index in [9.17, 15) is 32.9 Å². The Morgan fingerprint density at radius 3 is 2.55 bits per heavy atom. The van der Waals surface area contributed by atoms with Crippen molar-refractivity contribution in [3.05, 3.63) is 52.2 Å². The van der Waals surface area contributed by atoms with E-state index in [4.69, 9.17) is 0 Å². The SMILES string of the molecule is O=C1Nc2cc(C(F)(F)F)ccc2SC1CC(=O)N1CCN(c2ccc([N+](=O)[O-])cn2)CC1. The van der Waals surface area contributed by atoms with Crippen molar-refractivity contribution in [1.82, 2.24) is 9.88 Å². The molecule has 0 spiro atoms. The van der Waals surface area contributed by atoms with Gasteiger partial charge in [0.05, 0.1) is 21.4 Å². The molecule has 1 atom stereocenters. The zero-order chi connectivity index (χ0) is 23.8. The molecule has 2 amide bonds. The number of halogens is 3. The van der Waals surface area contributed by atoms with Gasteiger partial charge in [0.1, 0.15) is 12.0 Å². The number of nitrogens with one attached hydrogen (secondary N) is 1. The molecule has 1 aromatic carbocycles. The second-order valence-corrected chi connectivity index (χ2v) is 8.75. The van der Waals surface area contributed by atoms with Gasteiger partial charge in [-0.15, -0.1) is 11.8 Å². The topological polar surface area (TPSA) is 109 Å². The van der Waals surface area contributed by atoms with E-state index in [1.807, 2.05) is 4.90 Å². The van der Waals surface area contributed by atoms with Crippen LogP contribution in [-0.2, 0) is 15.8 Å². The Bertz CT molecular complexity index is 1090. The Balaban J connectivity index is 1.34. The van der Waals surface area contributed by atoms with Crippen molar-refractivity contribution in [3.63, 3.8) is 0 Å². The third-order valence-corrected chi connectivity index (χ3v) is 6.66. The summed E-state index contributed by atoms with van der Waals surface area (Å²) in [6, 6.07) is 6.07. The van der Waals surface area contributed by atoms with Crippen LogP contribution in [0.5, 0.6) is 0 Å². The number of hydrogen-bond donors (Lipinski definition) is 1. The molecule has 4 rings (SSSR count). The number of rotatable bonds is 4. The molecule has 33 heavy (non-hydrogen) atoms. The minimum absolute atomic E-state index is 0.0766. The van der Waals surface area contributed by atoms with Gasteiger partial charge in [-0.05, 0) is 24.3 Å². The molecule has 2 aromatic rings. The van der Waals surface area contributed by atoms with Crippen molar-refractivity contribution >= 4 is 40.8 Å². The standard InChI is InChI=1S/C20H18F3N5O4S/c21-20(22,23)12-1-3-15-14(9-12)25-19(30)16(33-15)10-18(29)27-7-5-26(6-8-27)17-4-2-13(11-24-17)28(31)32/h1-4,9,11,16H,5-8,10H2,(H,25,30). The lowest BCUT2D eigenvalue weighted by molar-refractivity contribution is -0.385. The molecule has 0 bridgehead atoms. The third-order valence-electron chi connectivity index (χ3n) is 5.39. The molecule has 1 fully saturated rings. The summed E-state index contributed by atoms with van der Waals surface area (Å²) in [5.74, 6) is -0.159. The molecule has 9 nitrogen and oxygen atoms in total. The van der Waals surface area contributed by atoms with Crippen LogP contribution in [0.15, 0.2) is 41.4 Å². The number of piperazine rings is 1. The van der Waals surface area contributed by atoms with Crippen LogP contribution in [0.25, 0.3) is 0 Å². The Kier molecular flexibility index (Phi) is 6.15. The van der Waals surface area contributed by atoms with Gasteiger partial charge >= 0.3 is 6.18 Å². The van der Waals surface area contributed by atoms with Gasteiger partial charge in [-0.25, -0.2) is 4.98 Å². The summed E-state index contributed by atoms with van der Waals surface area (Å²) >= 11 is 1.08. The smallest absolute Gasteiger partial charge is 0.353 e. The Morgan fingerprint density at radius 2 is 1.94 bits per heavy atom. The molecule has 3 heterocycles. The molecule has 0 radical (unpaired) electrons. The highest BCUT2D eigenvalue weighted by atomic mass is 32.2. The van der Waals surface area contributed by atoms with Gasteiger partial charge in [-0.1, -0.05) is 0 Å².